The van der Waals surface area contributed by atoms with Crippen molar-refractivity contribution < 1.29 is 14.0 Å². The van der Waals surface area contributed by atoms with E-state index < -0.39 is 11.7 Å². The summed E-state index contributed by atoms with van der Waals surface area (Å²) >= 11 is 0. The third-order valence-electron chi connectivity index (χ3n) is 4.87. The number of hydrogen-bond donors (Lipinski definition) is 0. The Morgan fingerprint density at radius 3 is 2.11 bits per heavy atom. The predicted molar refractivity (Wildman–Crippen MR) is 97.8 cm³/mol. The summed E-state index contributed by atoms with van der Waals surface area (Å²) in [4.78, 5) is 29.4. The van der Waals surface area contributed by atoms with E-state index in [1.54, 1.807) is 24.3 Å². The maximum Gasteiger partial charge on any atom is 0.282 e. The monoisotopic (exact) mass is 361 g/mol. The minimum absolute atomic E-state index is 0.297. The van der Waals surface area contributed by atoms with Crippen molar-refractivity contribution in [2.75, 3.05) is 18.0 Å². The molecule has 2 aromatic carbocycles. The topological polar surface area (TPSA) is 64.4 Å². The zero-order valence-corrected chi connectivity index (χ0v) is 14.5. The molecule has 2 amide bonds. The molecule has 134 valence electrons. The van der Waals surface area contributed by atoms with Gasteiger partial charge in [0.05, 0.1) is 22.9 Å². The molecule has 5 nitrogen and oxygen atoms in total. The number of carbonyl (C=O) groups is 2. The molecule has 2 heterocycles. The summed E-state index contributed by atoms with van der Waals surface area (Å²) in [6.45, 7) is 1.42. The zero-order chi connectivity index (χ0) is 19.0. The Kier molecular flexibility index (Phi) is 4.21. The molecule has 0 saturated carbocycles. The molecule has 27 heavy (non-hydrogen) atoms. The molecule has 2 aliphatic heterocycles. The van der Waals surface area contributed by atoms with Crippen LogP contribution in [0.15, 0.2) is 54.2 Å². The fraction of sp³-hybridized carbons (Fsp3) is 0.190. The van der Waals surface area contributed by atoms with Crippen LogP contribution in [0.1, 0.15) is 24.0 Å². The molecule has 0 N–H and O–H groups in total. The maximum atomic E-state index is 13.3. The highest BCUT2D eigenvalue weighted by atomic mass is 19.1. The van der Waals surface area contributed by atoms with Gasteiger partial charge in [-0.3, -0.25) is 9.59 Å². The molecule has 0 unspecified atom stereocenters. The summed E-state index contributed by atoms with van der Waals surface area (Å²) in [7, 11) is 0. The van der Waals surface area contributed by atoms with Crippen molar-refractivity contribution in [2.45, 2.75) is 12.8 Å². The van der Waals surface area contributed by atoms with Crippen LogP contribution in [-0.4, -0.2) is 29.8 Å². The molecule has 2 aliphatic rings. The fourth-order valence-corrected chi connectivity index (χ4v) is 3.55. The number of amides is 2. The number of halogens is 1. The van der Waals surface area contributed by atoms with E-state index in [4.69, 9.17) is 5.26 Å². The fourth-order valence-electron chi connectivity index (χ4n) is 3.55. The van der Waals surface area contributed by atoms with E-state index in [0.717, 1.165) is 17.7 Å². The summed E-state index contributed by atoms with van der Waals surface area (Å²) in [5, 5.41) is 8.95. The van der Waals surface area contributed by atoms with Crippen LogP contribution in [0.4, 0.5) is 10.1 Å². The number of nitrogens with zero attached hydrogens (tertiary/aromatic N) is 3. The average Bonchev–Trinajstić information content (AvgIpc) is 3.29. The summed E-state index contributed by atoms with van der Waals surface area (Å²) in [5.74, 6) is -1.22. The van der Waals surface area contributed by atoms with E-state index in [9.17, 15) is 14.0 Å². The molecule has 6 heteroatoms. The van der Waals surface area contributed by atoms with E-state index in [2.05, 4.69) is 0 Å². The van der Waals surface area contributed by atoms with Crippen molar-refractivity contribution >= 4 is 23.1 Å². The second-order valence-electron chi connectivity index (χ2n) is 6.53. The van der Waals surface area contributed by atoms with Gasteiger partial charge in [-0.1, -0.05) is 12.1 Å². The quantitative estimate of drug-likeness (QED) is 0.788. The van der Waals surface area contributed by atoms with Crippen LogP contribution in [0.25, 0.3) is 5.57 Å². The number of likely N-dealkylation sites (tertiary alicyclic amines) is 1. The van der Waals surface area contributed by atoms with Crippen LogP contribution < -0.4 is 4.90 Å². The number of anilines is 1. The Hall–Kier alpha value is -3.46. The van der Waals surface area contributed by atoms with Gasteiger partial charge in [0.15, 0.2) is 0 Å². The van der Waals surface area contributed by atoms with Crippen molar-refractivity contribution in [1.82, 2.24) is 4.90 Å². The van der Waals surface area contributed by atoms with Gasteiger partial charge in [0.25, 0.3) is 11.8 Å². The standard InChI is InChI=1S/C21H16FN3O2/c22-16-7-5-15(6-8-16)18-19(24-11-1-2-12-24)21(27)25(20(18)26)17-9-3-14(13-23)4-10-17/h3-10H,1-2,11-12H2. The Balaban J connectivity index is 1.81. The first-order valence-electron chi connectivity index (χ1n) is 8.74. The van der Waals surface area contributed by atoms with E-state index in [-0.39, 0.29) is 5.91 Å². The first-order chi connectivity index (χ1) is 13.1. The molecule has 1 fully saturated rings. The van der Waals surface area contributed by atoms with Gasteiger partial charge in [0.1, 0.15) is 11.5 Å². The van der Waals surface area contributed by atoms with Gasteiger partial charge >= 0.3 is 0 Å². The van der Waals surface area contributed by atoms with Crippen molar-refractivity contribution in [2.24, 2.45) is 0 Å². The van der Waals surface area contributed by atoms with E-state index in [1.165, 1.54) is 24.3 Å². The number of hydrogen-bond acceptors (Lipinski definition) is 4. The van der Waals surface area contributed by atoms with Crippen LogP contribution in [0.5, 0.6) is 0 Å². The number of nitriles is 1. The van der Waals surface area contributed by atoms with Crippen molar-refractivity contribution in [3.8, 4) is 6.07 Å². The molecular formula is C21H16FN3O2. The number of benzene rings is 2. The molecular weight excluding hydrogens is 345 g/mol. The largest absolute Gasteiger partial charge is 0.366 e. The van der Waals surface area contributed by atoms with Gasteiger partial charge < -0.3 is 4.90 Å². The van der Waals surface area contributed by atoms with Crippen LogP contribution in [-0.2, 0) is 9.59 Å². The van der Waals surface area contributed by atoms with Gasteiger partial charge in [0.2, 0.25) is 0 Å². The summed E-state index contributed by atoms with van der Waals surface area (Å²) in [5.41, 5.74) is 2.05. The highest BCUT2D eigenvalue weighted by molar-refractivity contribution is 6.45. The first-order valence-corrected chi connectivity index (χ1v) is 8.74. The number of rotatable bonds is 3. The second kappa shape index (κ2) is 6.69. The maximum absolute atomic E-state index is 13.3. The van der Waals surface area contributed by atoms with Crippen LogP contribution >= 0.6 is 0 Å². The Morgan fingerprint density at radius 2 is 1.52 bits per heavy atom. The lowest BCUT2D eigenvalue weighted by Crippen LogP contribution is -2.34. The van der Waals surface area contributed by atoms with Gasteiger partial charge in [-0.2, -0.15) is 5.26 Å². The molecule has 0 aliphatic carbocycles. The molecule has 0 spiro atoms. The third-order valence-corrected chi connectivity index (χ3v) is 4.87. The zero-order valence-electron chi connectivity index (χ0n) is 14.5. The van der Waals surface area contributed by atoms with Gasteiger partial charge in [0, 0.05) is 13.1 Å². The summed E-state index contributed by atoms with van der Waals surface area (Å²) in [6.07, 6.45) is 1.91. The minimum atomic E-state index is -0.432. The van der Waals surface area contributed by atoms with Crippen molar-refractivity contribution in [1.29, 1.82) is 5.26 Å². The normalized spacial score (nSPS) is 17.0. The molecule has 4 rings (SSSR count). The summed E-state index contributed by atoms with van der Waals surface area (Å²) in [6, 6.07) is 13.9. The Labute approximate surface area is 155 Å². The molecule has 1 saturated heterocycles. The summed E-state index contributed by atoms with van der Waals surface area (Å²) < 4.78 is 13.3. The molecule has 0 aromatic heterocycles. The van der Waals surface area contributed by atoms with Crippen molar-refractivity contribution in [3.63, 3.8) is 0 Å². The number of carbonyl (C=O) groups excluding carboxylic acids is 2. The van der Waals surface area contributed by atoms with Crippen LogP contribution in [0.3, 0.4) is 0 Å². The highest BCUT2D eigenvalue weighted by Crippen LogP contribution is 2.36. The molecule has 2 aromatic rings. The highest BCUT2D eigenvalue weighted by Gasteiger charge is 2.42. The lowest BCUT2D eigenvalue weighted by atomic mass is 10.0. The van der Waals surface area contributed by atoms with E-state index >= 15 is 0 Å². The van der Waals surface area contributed by atoms with Gasteiger partial charge in [-0.25, -0.2) is 9.29 Å². The van der Waals surface area contributed by atoms with Crippen LogP contribution in [0, 0.1) is 17.1 Å². The van der Waals surface area contributed by atoms with Crippen molar-refractivity contribution in [3.05, 3.63) is 71.2 Å². The van der Waals surface area contributed by atoms with E-state index in [0.29, 0.717) is 41.2 Å². The Morgan fingerprint density at radius 1 is 0.889 bits per heavy atom. The first kappa shape index (κ1) is 17.0. The SMILES string of the molecule is N#Cc1ccc(N2C(=O)C(c3ccc(F)cc3)=C(N3CCCC3)C2=O)cc1. The Bertz CT molecular complexity index is 982. The molecule has 0 atom stereocenters. The lowest BCUT2D eigenvalue weighted by Gasteiger charge is -2.20. The van der Waals surface area contributed by atoms with Gasteiger partial charge in [-0.15, -0.1) is 0 Å². The third kappa shape index (κ3) is 2.87. The minimum Gasteiger partial charge on any atom is -0.366 e. The second-order valence-corrected chi connectivity index (χ2v) is 6.53. The lowest BCUT2D eigenvalue weighted by molar-refractivity contribution is -0.120. The molecule has 0 radical (unpaired) electrons. The van der Waals surface area contributed by atoms with Gasteiger partial charge in [-0.05, 0) is 54.8 Å². The predicted octanol–water partition coefficient (Wildman–Crippen LogP) is 3.08. The van der Waals surface area contributed by atoms with E-state index in [1.807, 2.05) is 11.0 Å². The smallest absolute Gasteiger partial charge is 0.282 e. The van der Waals surface area contributed by atoms with Crippen LogP contribution in [0.2, 0.25) is 0 Å². The average molecular weight is 361 g/mol. The number of imide groups is 1. The molecule has 0 bridgehead atoms.